The van der Waals surface area contributed by atoms with E-state index < -0.39 is 0 Å². The molecule has 1 aliphatic carbocycles. The van der Waals surface area contributed by atoms with E-state index in [0.29, 0.717) is 19.7 Å². The molecule has 6 nitrogen and oxygen atoms in total. The van der Waals surface area contributed by atoms with Gasteiger partial charge in [-0.15, -0.1) is 0 Å². The average Bonchev–Trinajstić information content (AvgIpc) is 3.14. The highest BCUT2D eigenvalue weighted by Crippen LogP contribution is 2.21. The zero-order chi connectivity index (χ0) is 15.4. The van der Waals surface area contributed by atoms with Crippen LogP contribution in [0, 0.1) is 5.92 Å². The number of carbonyl (C=O) groups excluding carboxylic acids is 1. The van der Waals surface area contributed by atoms with E-state index in [1.807, 2.05) is 17.4 Å². The van der Waals surface area contributed by atoms with Gasteiger partial charge in [-0.2, -0.15) is 0 Å². The van der Waals surface area contributed by atoms with Gasteiger partial charge in [0.25, 0.3) is 0 Å². The Kier molecular flexibility index (Phi) is 5.10. The summed E-state index contributed by atoms with van der Waals surface area (Å²) in [5.74, 6) is 0.360. The molecule has 0 unspecified atom stereocenters. The Hall–Kier alpha value is -1.40. The van der Waals surface area contributed by atoms with Gasteiger partial charge < -0.3 is 18.9 Å². The largest absolute Gasteiger partial charge is 0.384 e. The van der Waals surface area contributed by atoms with Crippen molar-refractivity contribution >= 4 is 5.91 Å². The minimum Gasteiger partial charge on any atom is -0.384 e. The Morgan fingerprint density at radius 1 is 1.36 bits per heavy atom. The fourth-order valence-electron chi connectivity index (χ4n) is 3.42. The zero-order valence-corrected chi connectivity index (χ0v) is 13.2. The van der Waals surface area contributed by atoms with Crippen LogP contribution in [0.4, 0.5) is 0 Å². The quantitative estimate of drug-likeness (QED) is 0.826. The van der Waals surface area contributed by atoms with Crippen molar-refractivity contribution in [3.05, 3.63) is 18.2 Å². The second kappa shape index (κ2) is 7.24. The van der Waals surface area contributed by atoms with E-state index in [2.05, 4.69) is 9.55 Å². The van der Waals surface area contributed by atoms with E-state index >= 15 is 0 Å². The SMILES string of the molecule is COC[C@@H]1CN(C(=O)COC2CCCC2)Cc2cncn2C1. The number of ether oxygens (including phenoxy) is 2. The van der Waals surface area contributed by atoms with Crippen molar-refractivity contribution < 1.29 is 14.3 Å². The van der Waals surface area contributed by atoms with Crippen LogP contribution in [0.25, 0.3) is 0 Å². The maximum Gasteiger partial charge on any atom is 0.248 e. The lowest BCUT2D eigenvalue weighted by molar-refractivity contribution is -0.139. The van der Waals surface area contributed by atoms with Crippen LogP contribution >= 0.6 is 0 Å². The van der Waals surface area contributed by atoms with Crippen LogP contribution in [0.2, 0.25) is 0 Å². The minimum atomic E-state index is 0.0719. The summed E-state index contributed by atoms with van der Waals surface area (Å²) < 4.78 is 13.2. The number of methoxy groups -OCH3 is 1. The highest BCUT2D eigenvalue weighted by molar-refractivity contribution is 5.77. The van der Waals surface area contributed by atoms with Gasteiger partial charge in [-0.25, -0.2) is 4.98 Å². The number of nitrogens with zero attached hydrogens (tertiary/aromatic N) is 3. The molecule has 0 saturated heterocycles. The van der Waals surface area contributed by atoms with E-state index in [0.717, 1.165) is 25.1 Å². The Morgan fingerprint density at radius 3 is 2.95 bits per heavy atom. The fourth-order valence-corrected chi connectivity index (χ4v) is 3.42. The molecular formula is C16H25N3O3. The lowest BCUT2D eigenvalue weighted by Crippen LogP contribution is -2.38. The molecule has 0 bridgehead atoms. The summed E-state index contributed by atoms with van der Waals surface area (Å²) in [7, 11) is 1.70. The first-order valence-corrected chi connectivity index (χ1v) is 8.13. The number of rotatable bonds is 5. The monoisotopic (exact) mass is 307 g/mol. The van der Waals surface area contributed by atoms with Crippen LogP contribution in [-0.4, -0.2) is 53.3 Å². The minimum absolute atomic E-state index is 0.0719. The smallest absolute Gasteiger partial charge is 0.248 e. The van der Waals surface area contributed by atoms with Crippen LogP contribution in [0.3, 0.4) is 0 Å². The van der Waals surface area contributed by atoms with Crippen LogP contribution in [-0.2, 0) is 27.4 Å². The summed E-state index contributed by atoms with van der Waals surface area (Å²) >= 11 is 0. The maximum absolute atomic E-state index is 12.5. The molecule has 1 amide bonds. The van der Waals surface area contributed by atoms with Crippen molar-refractivity contribution in [1.29, 1.82) is 0 Å². The first-order valence-electron chi connectivity index (χ1n) is 8.13. The van der Waals surface area contributed by atoms with Gasteiger partial charge in [-0.05, 0) is 12.8 Å². The number of carbonyl (C=O) groups is 1. The van der Waals surface area contributed by atoms with Gasteiger partial charge in [0.2, 0.25) is 5.91 Å². The van der Waals surface area contributed by atoms with Crippen molar-refractivity contribution in [2.75, 3.05) is 26.9 Å². The summed E-state index contributed by atoms with van der Waals surface area (Å²) in [6, 6.07) is 0. The Balaban J connectivity index is 1.61. The van der Waals surface area contributed by atoms with Gasteiger partial charge in [0.1, 0.15) is 6.61 Å². The summed E-state index contributed by atoms with van der Waals surface area (Å²) in [6.45, 7) is 3.00. The molecule has 122 valence electrons. The summed E-state index contributed by atoms with van der Waals surface area (Å²) in [4.78, 5) is 18.6. The molecule has 1 fully saturated rings. The number of aromatic nitrogens is 2. The van der Waals surface area contributed by atoms with Gasteiger partial charge >= 0.3 is 0 Å². The third-order valence-electron chi connectivity index (χ3n) is 4.58. The predicted molar refractivity (Wildman–Crippen MR) is 81.2 cm³/mol. The lowest BCUT2D eigenvalue weighted by Gasteiger charge is -2.24. The molecular weight excluding hydrogens is 282 g/mol. The molecule has 0 N–H and O–H groups in total. The first kappa shape index (κ1) is 15.5. The molecule has 3 rings (SSSR count). The van der Waals surface area contributed by atoms with E-state index in [1.54, 1.807) is 7.11 Å². The van der Waals surface area contributed by atoms with Crippen LogP contribution in [0.1, 0.15) is 31.4 Å². The second-order valence-corrected chi connectivity index (χ2v) is 6.35. The van der Waals surface area contributed by atoms with Gasteiger partial charge in [-0.1, -0.05) is 12.8 Å². The molecule has 1 aromatic rings. The Bertz CT molecular complexity index is 497. The molecule has 0 spiro atoms. The average molecular weight is 307 g/mol. The van der Waals surface area contributed by atoms with Gasteiger partial charge in [0.05, 0.1) is 31.3 Å². The van der Waals surface area contributed by atoms with Crippen molar-refractivity contribution in [1.82, 2.24) is 14.5 Å². The summed E-state index contributed by atoms with van der Waals surface area (Å²) in [6.07, 6.45) is 8.57. The second-order valence-electron chi connectivity index (χ2n) is 6.35. The van der Waals surface area contributed by atoms with Crippen LogP contribution < -0.4 is 0 Å². The number of fused-ring (bicyclic) bond motifs is 1. The fraction of sp³-hybridized carbons (Fsp3) is 0.750. The normalized spacial score (nSPS) is 22.6. The number of hydrogen-bond donors (Lipinski definition) is 0. The van der Waals surface area contributed by atoms with Crippen LogP contribution in [0.15, 0.2) is 12.5 Å². The first-order chi connectivity index (χ1) is 10.8. The van der Waals surface area contributed by atoms with E-state index in [1.165, 1.54) is 12.8 Å². The molecule has 0 radical (unpaired) electrons. The van der Waals surface area contributed by atoms with Crippen molar-refractivity contribution in [3.63, 3.8) is 0 Å². The third kappa shape index (κ3) is 3.67. The maximum atomic E-state index is 12.5. The molecule has 1 aromatic heterocycles. The Morgan fingerprint density at radius 2 is 2.18 bits per heavy atom. The standard InChI is InChI=1S/C16H25N3O3/c1-21-10-13-7-18(9-14-6-17-12-19(14)8-13)16(20)11-22-15-4-2-3-5-15/h6,12-13,15H,2-5,7-11H2,1H3/t13-/m1/s1. The zero-order valence-electron chi connectivity index (χ0n) is 13.2. The summed E-state index contributed by atoms with van der Waals surface area (Å²) in [5.41, 5.74) is 1.08. The number of imidazole rings is 1. The molecule has 0 aromatic carbocycles. The topological polar surface area (TPSA) is 56.6 Å². The molecule has 1 aliphatic heterocycles. The number of amides is 1. The molecule has 2 aliphatic rings. The third-order valence-corrected chi connectivity index (χ3v) is 4.58. The molecule has 22 heavy (non-hydrogen) atoms. The van der Waals surface area contributed by atoms with Gasteiger partial charge in [0.15, 0.2) is 0 Å². The van der Waals surface area contributed by atoms with Crippen molar-refractivity contribution in [3.8, 4) is 0 Å². The van der Waals surface area contributed by atoms with E-state index in [4.69, 9.17) is 9.47 Å². The molecule has 2 heterocycles. The summed E-state index contributed by atoms with van der Waals surface area (Å²) in [5, 5.41) is 0. The van der Waals surface area contributed by atoms with E-state index in [-0.39, 0.29) is 24.5 Å². The van der Waals surface area contributed by atoms with Crippen LogP contribution in [0.5, 0.6) is 0 Å². The van der Waals surface area contributed by atoms with Gasteiger partial charge in [0, 0.05) is 32.3 Å². The number of hydrogen-bond acceptors (Lipinski definition) is 4. The predicted octanol–water partition coefficient (Wildman–Crippen LogP) is 1.45. The molecule has 1 saturated carbocycles. The van der Waals surface area contributed by atoms with Crippen molar-refractivity contribution in [2.45, 2.75) is 44.9 Å². The highest BCUT2D eigenvalue weighted by Gasteiger charge is 2.26. The van der Waals surface area contributed by atoms with Crippen molar-refractivity contribution in [2.24, 2.45) is 5.92 Å². The Labute approximate surface area is 131 Å². The van der Waals surface area contributed by atoms with E-state index in [9.17, 15) is 4.79 Å². The lowest BCUT2D eigenvalue weighted by atomic mass is 10.1. The highest BCUT2D eigenvalue weighted by atomic mass is 16.5. The molecule has 6 heteroatoms. The molecule has 1 atom stereocenters. The van der Waals surface area contributed by atoms with Gasteiger partial charge in [-0.3, -0.25) is 4.79 Å².